The van der Waals surface area contributed by atoms with Gasteiger partial charge in [-0.25, -0.2) is 15.1 Å². The fourth-order valence-electron chi connectivity index (χ4n) is 1.43. The monoisotopic (exact) mass is 286 g/mol. The van der Waals surface area contributed by atoms with Gasteiger partial charge in [-0.1, -0.05) is 29.8 Å². The van der Waals surface area contributed by atoms with Crippen LogP contribution in [0, 0.1) is 0 Å². The van der Waals surface area contributed by atoms with Crippen LogP contribution in [0.25, 0.3) is 0 Å². The van der Waals surface area contributed by atoms with E-state index < -0.39 is 18.6 Å². The van der Waals surface area contributed by atoms with Crippen molar-refractivity contribution in [1.82, 2.24) is 10.4 Å². The lowest BCUT2D eigenvalue weighted by Crippen LogP contribution is -2.39. The van der Waals surface area contributed by atoms with E-state index in [1.165, 1.54) is 4.90 Å². The van der Waals surface area contributed by atoms with Crippen molar-refractivity contribution in [2.45, 2.75) is 13.0 Å². The first kappa shape index (κ1) is 15.3. The van der Waals surface area contributed by atoms with Gasteiger partial charge in [0.1, 0.15) is 0 Å². The van der Waals surface area contributed by atoms with Crippen LogP contribution >= 0.6 is 11.6 Å². The Hall–Kier alpha value is -1.79. The molecular weight excluding hydrogens is 272 g/mol. The van der Waals surface area contributed by atoms with Gasteiger partial charge in [0.2, 0.25) is 0 Å². The zero-order chi connectivity index (χ0) is 14.4. The van der Waals surface area contributed by atoms with Crippen molar-refractivity contribution in [3.8, 4) is 0 Å². The van der Waals surface area contributed by atoms with E-state index in [0.717, 1.165) is 5.56 Å². The maximum absolute atomic E-state index is 11.7. The molecule has 104 valence electrons. The van der Waals surface area contributed by atoms with Crippen molar-refractivity contribution in [2.24, 2.45) is 0 Å². The van der Waals surface area contributed by atoms with Gasteiger partial charge in [-0.2, -0.15) is 0 Å². The first-order chi connectivity index (χ1) is 8.93. The smallest absolute Gasteiger partial charge is 0.341 e. The summed E-state index contributed by atoms with van der Waals surface area (Å²) >= 11 is 6.05. The summed E-state index contributed by atoms with van der Waals surface area (Å²) in [6, 6.07) is 6.35. The molecule has 0 fully saturated rings. The zero-order valence-corrected chi connectivity index (χ0v) is 11.3. The molecule has 0 radical (unpaired) electrons. The average molecular weight is 287 g/mol. The first-order valence-corrected chi connectivity index (χ1v) is 5.92. The van der Waals surface area contributed by atoms with Crippen LogP contribution in [0.4, 0.5) is 4.79 Å². The van der Waals surface area contributed by atoms with Crippen molar-refractivity contribution in [1.29, 1.82) is 0 Å². The van der Waals surface area contributed by atoms with Gasteiger partial charge < -0.3 is 10.0 Å². The summed E-state index contributed by atoms with van der Waals surface area (Å²) in [7, 11) is 1.56. The second kappa shape index (κ2) is 6.96. The quantitative estimate of drug-likeness (QED) is 0.812. The Morgan fingerprint density at radius 2 is 2.11 bits per heavy atom. The molecule has 0 heterocycles. The minimum Gasteiger partial charge on any atom is -0.479 e. The highest BCUT2D eigenvalue weighted by molar-refractivity contribution is 6.31. The lowest BCUT2D eigenvalue weighted by molar-refractivity contribution is -0.144. The van der Waals surface area contributed by atoms with Crippen molar-refractivity contribution >= 4 is 23.6 Å². The van der Waals surface area contributed by atoms with Crippen LogP contribution < -0.4 is 5.48 Å². The Morgan fingerprint density at radius 1 is 1.47 bits per heavy atom. The average Bonchev–Trinajstić information content (AvgIpc) is 2.37. The van der Waals surface area contributed by atoms with Crippen molar-refractivity contribution in [3.63, 3.8) is 0 Å². The maximum atomic E-state index is 11.7. The fourth-order valence-corrected chi connectivity index (χ4v) is 1.72. The fraction of sp³-hybridized carbons (Fsp3) is 0.333. The van der Waals surface area contributed by atoms with E-state index in [-0.39, 0.29) is 6.04 Å². The number of carboxylic acid groups (broad SMARTS) is 1. The van der Waals surface area contributed by atoms with Gasteiger partial charge in [-0.15, -0.1) is 0 Å². The maximum Gasteiger partial charge on any atom is 0.341 e. The van der Waals surface area contributed by atoms with Crippen LogP contribution in [-0.2, 0) is 9.63 Å². The molecule has 0 saturated carbocycles. The third-order valence-corrected chi connectivity index (χ3v) is 2.96. The summed E-state index contributed by atoms with van der Waals surface area (Å²) < 4.78 is 0. The molecule has 1 atom stereocenters. The Labute approximate surface area is 115 Å². The number of carboxylic acids is 1. The minimum absolute atomic E-state index is 0.276. The Kier molecular flexibility index (Phi) is 5.59. The number of carbonyl (C=O) groups is 2. The molecule has 0 aliphatic rings. The molecule has 1 unspecified atom stereocenters. The van der Waals surface area contributed by atoms with Crippen molar-refractivity contribution < 1.29 is 19.5 Å². The van der Waals surface area contributed by atoms with Crippen LogP contribution in [0.3, 0.4) is 0 Å². The highest BCUT2D eigenvalue weighted by Crippen LogP contribution is 2.25. The van der Waals surface area contributed by atoms with E-state index in [1.807, 2.05) is 17.6 Å². The number of urea groups is 1. The predicted octanol–water partition coefficient (Wildman–Crippen LogP) is 2.06. The number of benzene rings is 1. The van der Waals surface area contributed by atoms with Crippen LogP contribution in [0.2, 0.25) is 5.02 Å². The van der Waals surface area contributed by atoms with E-state index in [0.29, 0.717) is 5.02 Å². The van der Waals surface area contributed by atoms with E-state index >= 15 is 0 Å². The van der Waals surface area contributed by atoms with E-state index in [9.17, 15) is 9.59 Å². The van der Waals surface area contributed by atoms with Crippen molar-refractivity contribution in [2.75, 3.05) is 13.7 Å². The number of rotatable bonds is 5. The van der Waals surface area contributed by atoms with E-state index in [1.54, 1.807) is 26.1 Å². The van der Waals surface area contributed by atoms with Crippen LogP contribution in [0.1, 0.15) is 18.5 Å². The van der Waals surface area contributed by atoms with Crippen LogP contribution in [-0.4, -0.2) is 35.7 Å². The molecule has 19 heavy (non-hydrogen) atoms. The summed E-state index contributed by atoms with van der Waals surface area (Å²) in [4.78, 5) is 27.8. The van der Waals surface area contributed by atoms with Crippen LogP contribution in [0.5, 0.6) is 0 Å². The van der Waals surface area contributed by atoms with Gasteiger partial charge in [-0.05, 0) is 18.6 Å². The highest BCUT2D eigenvalue weighted by Gasteiger charge is 2.19. The summed E-state index contributed by atoms with van der Waals surface area (Å²) in [5.41, 5.74) is 2.84. The number of hydrogen-bond donors (Lipinski definition) is 2. The van der Waals surface area contributed by atoms with Gasteiger partial charge in [0.05, 0.1) is 6.04 Å². The standard InChI is InChI=1S/C12H15ClN2O4/c1-8(9-5-3-4-6-10(9)13)15(2)12(18)14-19-7-11(16)17/h3-6,8H,7H2,1-2H3,(H,14,18)(H,16,17). The summed E-state index contributed by atoms with van der Waals surface area (Å²) in [5, 5.41) is 8.94. The summed E-state index contributed by atoms with van der Waals surface area (Å²) in [5.74, 6) is -1.16. The Balaban J connectivity index is 2.61. The molecule has 0 aliphatic carbocycles. The number of aliphatic carboxylic acids is 1. The molecule has 2 amide bonds. The lowest BCUT2D eigenvalue weighted by Gasteiger charge is -2.25. The minimum atomic E-state index is -1.16. The molecule has 0 aliphatic heterocycles. The summed E-state index contributed by atoms with van der Waals surface area (Å²) in [6.45, 7) is 1.21. The van der Waals surface area contributed by atoms with Gasteiger partial charge in [0.25, 0.3) is 0 Å². The number of amides is 2. The summed E-state index contributed by atoms with van der Waals surface area (Å²) in [6.07, 6.45) is 0. The van der Waals surface area contributed by atoms with Gasteiger partial charge >= 0.3 is 12.0 Å². The number of hydrogen-bond acceptors (Lipinski definition) is 3. The van der Waals surface area contributed by atoms with Crippen molar-refractivity contribution in [3.05, 3.63) is 34.9 Å². The number of halogens is 1. The molecule has 0 aromatic heterocycles. The third kappa shape index (κ3) is 4.42. The lowest BCUT2D eigenvalue weighted by atomic mass is 10.1. The topological polar surface area (TPSA) is 78.9 Å². The van der Waals surface area contributed by atoms with Gasteiger partial charge in [0, 0.05) is 12.1 Å². The number of hydroxylamine groups is 1. The number of nitrogens with zero attached hydrogens (tertiary/aromatic N) is 1. The second-order valence-electron chi connectivity index (χ2n) is 3.90. The van der Waals surface area contributed by atoms with E-state index in [4.69, 9.17) is 16.7 Å². The zero-order valence-electron chi connectivity index (χ0n) is 10.6. The predicted molar refractivity (Wildman–Crippen MR) is 69.7 cm³/mol. The molecule has 7 heteroatoms. The second-order valence-corrected chi connectivity index (χ2v) is 4.31. The molecule has 1 aromatic rings. The SMILES string of the molecule is CC(c1ccccc1Cl)N(C)C(=O)NOCC(=O)O. The molecule has 6 nitrogen and oxygen atoms in total. The first-order valence-electron chi connectivity index (χ1n) is 5.54. The number of carbonyl (C=O) groups excluding carboxylic acids is 1. The molecule has 2 N–H and O–H groups in total. The molecule has 0 saturated heterocycles. The Morgan fingerprint density at radius 3 is 2.68 bits per heavy atom. The third-order valence-electron chi connectivity index (χ3n) is 2.61. The van der Waals surface area contributed by atoms with E-state index in [2.05, 4.69) is 4.84 Å². The van der Waals surface area contributed by atoms with Crippen LogP contribution in [0.15, 0.2) is 24.3 Å². The Bertz CT molecular complexity index is 467. The molecule has 1 rings (SSSR count). The largest absolute Gasteiger partial charge is 0.479 e. The molecule has 1 aromatic carbocycles. The number of nitrogens with one attached hydrogen (secondary N) is 1. The van der Waals surface area contributed by atoms with Gasteiger partial charge in [0.15, 0.2) is 6.61 Å². The molecule has 0 bridgehead atoms. The normalized spacial score (nSPS) is 11.7. The van der Waals surface area contributed by atoms with Gasteiger partial charge in [-0.3, -0.25) is 4.84 Å². The molecular formula is C12H15ClN2O4. The molecule has 0 spiro atoms. The highest BCUT2D eigenvalue weighted by atomic mass is 35.5.